The second kappa shape index (κ2) is 4.45. The summed E-state index contributed by atoms with van der Waals surface area (Å²) < 4.78 is 1.85. The van der Waals surface area contributed by atoms with E-state index in [1.165, 1.54) is 23.4 Å². The predicted octanol–water partition coefficient (Wildman–Crippen LogP) is 2.74. The number of hydrogen-bond acceptors (Lipinski definition) is 3. The molecule has 0 aliphatic carbocycles. The minimum absolute atomic E-state index is 0.171. The Morgan fingerprint density at radius 1 is 1.15 bits per heavy atom. The maximum atomic E-state index is 10.8. The molecule has 0 aliphatic rings. The highest BCUT2D eigenvalue weighted by molar-refractivity contribution is 5.87. The van der Waals surface area contributed by atoms with Gasteiger partial charge in [-0.1, -0.05) is 0 Å². The van der Waals surface area contributed by atoms with Crippen molar-refractivity contribution in [2.75, 3.05) is 0 Å². The van der Waals surface area contributed by atoms with Crippen LogP contribution in [0.2, 0.25) is 0 Å². The molecule has 1 aromatic carbocycles. The Bertz CT molecular complexity index is 804. The van der Waals surface area contributed by atoms with Crippen LogP contribution < -0.4 is 0 Å². The number of nitrogens with zero attached hydrogens (tertiary/aromatic N) is 3. The van der Waals surface area contributed by atoms with E-state index in [1.54, 1.807) is 12.4 Å². The summed E-state index contributed by atoms with van der Waals surface area (Å²) in [5.41, 5.74) is 4.41. The van der Waals surface area contributed by atoms with E-state index in [9.17, 15) is 4.79 Å². The molecule has 0 bridgehead atoms. The van der Waals surface area contributed by atoms with Crippen LogP contribution in [0.3, 0.4) is 0 Å². The van der Waals surface area contributed by atoms with Gasteiger partial charge < -0.3 is 5.11 Å². The number of benzene rings is 1. The Balaban J connectivity index is 2.14. The highest BCUT2D eigenvalue weighted by Crippen LogP contribution is 2.21. The first-order valence-electron chi connectivity index (χ1n) is 6.20. The Morgan fingerprint density at radius 2 is 1.90 bits per heavy atom. The summed E-state index contributed by atoms with van der Waals surface area (Å²) in [4.78, 5) is 19.4. The van der Waals surface area contributed by atoms with E-state index in [2.05, 4.69) is 16.0 Å². The molecule has 0 amide bonds. The molecule has 0 unspecified atom stereocenters. The van der Waals surface area contributed by atoms with Crippen molar-refractivity contribution in [1.82, 2.24) is 14.5 Å². The second-order valence-corrected chi connectivity index (χ2v) is 4.75. The average Bonchev–Trinajstić information content (AvgIpc) is 2.82. The van der Waals surface area contributed by atoms with Crippen molar-refractivity contribution >= 4 is 17.0 Å². The lowest BCUT2D eigenvalue weighted by molar-refractivity contribution is 0.0696. The molecule has 3 rings (SSSR count). The summed E-state index contributed by atoms with van der Waals surface area (Å²) in [6, 6.07) is 7.31. The molecule has 0 saturated carbocycles. The number of imidazole rings is 1. The Kier molecular flexibility index (Phi) is 2.75. The molecule has 3 aromatic rings. The maximum Gasteiger partial charge on any atom is 0.337 e. The summed E-state index contributed by atoms with van der Waals surface area (Å²) in [6.45, 7) is 4.10. The van der Waals surface area contributed by atoms with Crippen LogP contribution in [-0.4, -0.2) is 25.6 Å². The van der Waals surface area contributed by atoms with E-state index >= 15 is 0 Å². The molecule has 2 aromatic heterocycles. The molecule has 0 aliphatic heterocycles. The van der Waals surface area contributed by atoms with Gasteiger partial charge in [0.15, 0.2) is 0 Å². The van der Waals surface area contributed by atoms with Crippen LogP contribution in [0.15, 0.2) is 36.8 Å². The molecular formula is C15H13N3O2. The predicted molar refractivity (Wildman–Crippen MR) is 75.3 cm³/mol. The first kappa shape index (κ1) is 12.3. The van der Waals surface area contributed by atoms with Crippen LogP contribution >= 0.6 is 0 Å². The number of aromatic carboxylic acids is 1. The summed E-state index contributed by atoms with van der Waals surface area (Å²) in [5.74, 6) is -0.327. The van der Waals surface area contributed by atoms with Gasteiger partial charge in [0.1, 0.15) is 12.1 Å². The molecule has 0 spiro atoms. The normalized spacial score (nSPS) is 10.9. The van der Waals surface area contributed by atoms with E-state index in [0.29, 0.717) is 5.82 Å². The van der Waals surface area contributed by atoms with Crippen LogP contribution in [0.4, 0.5) is 0 Å². The van der Waals surface area contributed by atoms with E-state index < -0.39 is 5.97 Å². The topological polar surface area (TPSA) is 68.0 Å². The molecule has 0 radical (unpaired) electrons. The largest absolute Gasteiger partial charge is 0.478 e. The van der Waals surface area contributed by atoms with Crippen molar-refractivity contribution in [2.45, 2.75) is 13.8 Å². The number of carboxylic acids is 1. The monoisotopic (exact) mass is 267 g/mol. The number of aryl methyl sites for hydroxylation is 2. The van der Waals surface area contributed by atoms with Crippen LogP contribution in [0.25, 0.3) is 16.9 Å². The number of carbonyl (C=O) groups is 1. The third-order valence-electron chi connectivity index (χ3n) is 3.40. The first-order valence-corrected chi connectivity index (χ1v) is 6.20. The summed E-state index contributed by atoms with van der Waals surface area (Å²) in [6.07, 6.45) is 3.05. The summed E-state index contributed by atoms with van der Waals surface area (Å²) in [5, 5.41) is 8.89. The third kappa shape index (κ3) is 1.93. The minimum atomic E-state index is -0.981. The zero-order valence-electron chi connectivity index (χ0n) is 11.2. The van der Waals surface area contributed by atoms with Gasteiger partial charge in [0.05, 0.1) is 16.6 Å². The molecule has 0 fully saturated rings. The van der Waals surface area contributed by atoms with Crippen LogP contribution in [0.5, 0.6) is 0 Å². The Hall–Kier alpha value is -2.69. The minimum Gasteiger partial charge on any atom is -0.478 e. The van der Waals surface area contributed by atoms with Crippen LogP contribution in [0, 0.1) is 13.8 Å². The Morgan fingerprint density at radius 3 is 2.55 bits per heavy atom. The quantitative estimate of drug-likeness (QED) is 0.775. The fourth-order valence-electron chi connectivity index (χ4n) is 2.10. The van der Waals surface area contributed by atoms with Gasteiger partial charge in [-0.25, -0.2) is 14.8 Å². The van der Waals surface area contributed by atoms with Crippen molar-refractivity contribution in [1.29, 1.82) is 0 Å². The number of fused-ring (bicyclic) bond motifs is 1. The van der Waals surface area contributed by atoms with E-state index in [-0.39, 0.29) is 5.56 Å². The third-order valence-corrected chi connectivity index (χ3v) is 3.40. The lowest BCUT2D eigenvalue weighted by Gasteiger charge is -2.05. The maximum absolute atomic E-state index is 10.8. The fraction of sp³-hybridized carbons (Fsp3) is 0.133. The van der Waals surface area contributed by atoms with E-state index in [4.69, 9.17) is 5.11 Å². The zero-order chi connectivity index (χ0) is 14.3. The molecule has 2 heterocycles. The molecular weight excluding hydrogens is 254 g/mol. The highest BCUT2D eigenvalue weighted by atomic mass is 16.4. The van der Waals surface area contributed by atoms with E-state index in [0.717, 1.165) is 11.0 Å². The van der Waals surface area contributed by atoms with Gasteiger partial charge in [0.2, 0.25) is 0 Å². The number of aromatic nitrogens is 3. The molecule has 1 N–H and O–H groups in total. The van der Waals surface area contributed by atoms with Crippen molar-refractivity contribution in [3.63, 3.8) is 0 Å². The van der Waals surface area contributed by atoms with E-state index in [1.807, 2.05) is 24.5 Å². The molecule has 5 heteroatoms. The fourth-order valence-corrected chi connectivity index (χ4v) is 2.10. The molecule has 0 atom stereocenters. The number of pyridine rings is 1. The summed E-state index contributed by atoms with van der Waals surface area (Å²) >= 11 is 0. The standard InChI is InChI=1S/C15H13N3O2/c1-9-5-12-13(6-10(9)2)18(8-17-12)14-4-3-11(7-16-14)15(19)20/h3-8H,1-2H3,(H,19,20). The highest BCUT2D eigenvalue weighted by Gasteiger charge is 2.09. The van der Waals surface area contributed by atoms with Crippen LogP contribution in [-0.2, 0) is 0 Å². The van der Waals surface area contributed by atoms with Gasteiger partial charge >= 0.3 is 5.97 Å². The smallest absolute Gasteiger partial charge is 0.337 e. The van der Waals surface area contributed by atoms with Gasteiger partial charge in [-0.3, -0.25) is 4.57 Å². The van der Waals surface area contributed by atoms with Gasteiger partial charge in [-0.15, -0.1) is 0 Å². The molecule has 100 valence electrons. The van der Waals surface area contributed by atoms with Crippen molar-refractivity contribution in [2.24, 2.45) is 0 Å². The zero-order valence-corrected chi connectivity index (χ0v) is 11.2. The SMILES string of the molecule is Cc1cc2ncn(-c3ccc(C(=O)O)cn3)c2cc1C. The van der Waals surface area contributed by atoms with Crippen LogP contribution in [0.1, 0.15) is 21.5 Å². The lowest BCUT2D eigenvalue weighted by atomic mass is 10.1. The lowest BCUT2D eigenvalue weighted by Crippen LogP contribution is -2.00. The summed E-state index contributed by atoms with van der Waals surface area (Å²) in [7, 11) is 0. The van der Waals surface area contributed by atoms with Gasteiger partial charge in [-0.05, 0) is 49.2 Å². The van der Waals surface area contributed by atoms with Crippen molar-refractivity contribution < 1.29 is 9.90 Å². The van der Waals surface area contributed by atoms with Gasteiger partial charge in [0, 0.05) is 6.20 Å². The number of carboxylic acid groups (broad SMARTS) is 1. The van der Waals surface area contributed by atoms with Gasteiger partial charge in [0.25, 0.3) is 0 Å². The van der Waals surface area contributed by atoms with Gasteiger partial charge in [-0.2, -0.15) is 0 Å². The molecule has 0 saturated heterocycles. The Labute approximate surface area is 115 Å². The number of hydrogen-bond donors (Lipinski definition) is 1. The molecule has 5 nitrogen and oxygen atoms in total. The van der Waals surface area contributed by atoms with Crippen molar-refractivity contribution in [3.05, 3.63) is 53.5 Å². The second-order valence-electron chi connectivity index (χ2n) is 4.75. The molecule has 20 heavy (non-hydrogen) atoms. The first-order chi connectivity index (χ1) is 9.56. The van der Waals surface area contributed by atoms with Crippen molar-refractivity contribution in [3.8, 4) is 5.82 Å². The average molecular weight is 267 g/mol. The number of rotatable bonds is 2.